The summed E-state index contributed by atoms with van der Waals surface area (Å²) in [6, 6.07) is 0. The molecule has 0 saturated carbocycles. The zero-order chi connectivity index (χ0) is 15.2. The van der Waals surface area contributed by atoms with Crippen molar-refractivity contribution >= 4 is 6.09 Å². The second-order valence-corrected chi connectivity index (χ2v) is 6.77. The van der Waals surface area contributed by atoms with Gasteiger partial charge in [-0.1, -0.05) is 6.92 Å². The first-order valence-corrected chi connectivity index (χ1v) is 7.66. The Bertz CT molecular complexity index is 294. The van der Waals surface area contributed by atoms with Gasteiger partial charge in [0, 0.05) is 32.7 Å². The zero-order valence-corrected chi connectivity index (χ0v) is 13.7. The van der Waals surface area contributed by atoms with Gasteiger partial charge in [0.05, 0.1) is 0 Å². The minimum atomic E-state index is -0.407. The maximum atomic E-state index is 12.0. The van der Waals surface area contributed by atoms with Gasteiger partial charge in [0.25, 0.3) is 0 Å². The third kappa shape index (κ3) is 6.57. The van der Waals surface area contributed by atoms with Crippen LogP contribution in [-0.4, -0.2) is 67.8 Å². The van der Waals surface area contributed by atoms with E-state index in [1.165, 1.54) is 6.42 Å². The molecule has 0 aromatic rings. The Balaban J connectivity index is 2.27. The van der Waals surface area contributed by atoms with E-state index in [-0.39, 0.29) is 6.09 Å². The molecule has 1 aliphatic heterocycles. The number of carbonyl (C=O) groups is 1. The van der Waals surface area contributed by atoms with Gasteiger partial charge in [-0.15, -0.1) is 0 Å². The van der Waals surface area contributed by atoms with Crippen LogP contribution in [-0.2, 0) is 4.74 Å². The second kappa shape index (κ2) is 7.84. The molecule has 1 aliphatic rings. The highest BCUT2D eigenvalue weighted by molar-refractivity contribution is 5.68. The van der Waals surface area contributed by atoms with Crippen molar-refractivity contribution in [2.24, 2.45) is 5.92 Å². The number of ether oxygens (including phenoxy) is 1. The molecule has 0 aromatic carbocycles. The van der Waals surface area contributed by atoms with E-state index in [1.54, 1.807) is 0 Å². The van der Waals surface area contributed by atoms with Gasteiger partial charge >= 0.3 is 6.09 Å². The van der Waals surface area contributed by atoms with Gasteiger partial charge in [-0.25, -0.2) is 4.79 Å². The average molecular weight is 285 g/mol. The largest absolute Gasteiger partial charge is 0.444 e. The molecule has 0 bridgehead atoms. The fourth-order valence-corrected chi connectivity index (χ4v) is 2.36. The van der Waals surface area contributed by atoms with Crippen molar-refractivity contribution in [1.29, 1.82) is 0 Å². The van der Waals surface area contributed by atoms with Crippen molar-refractivity contribution in [3.8, 4) is 0 Å². The monoisotopic (exact) mass is 285 g/mol. The molecule has 0 spiro atoms. The van der Waals surface area contributed by atoms with Crippen molar-refractivity contribution < 1.29 is 9.53 Å². The normalized spacial score (nSPS) is 18.9. The number of hydrogen-bond donors (Lipinski definition) is 1. The Labute approximate surface area is 123 Å². The van der Waals surface area contributed by atoms with Gasteiger partial charge in [-0.05, 0) is 46.7 Å². The van der Waals surface area contributed by atoms with Crippen molar-refractivity contribution in [1.82, 2.24) is 15.1 Å². The maximum Gasteiger partial charge on any atom is 0.410 e. The number of nitrogens with zero attached hydrogens (tertiary/aromatic N) is 2. The molecule has 1 saturated heterocycles. The fourth-order valence-electron chi connectivity index (χ4n) is 2.36. The highest BCUT2D eigenvalue weighted by atomic mass is 16.6. The summed E-state index contributed by atoms with van der Waals surface area (Å²) in [7, 11) is 1.99. The van der Waals surface area contributed by atoms with E-state index in [1.807, 2.05) is 32.7 Å². The molecular weight excluding hydrogens is 254 g/mol. The van der Waals surface area contributed by atoms with Crippen LogP contribution >= 0.6 is 0 Å². The molecule has 1 fully saturated rings. The van der Waals surface area contributed by atoms with Crippen LogP contribution in [0, 0.1) is 5.92 Å². The molecule has 1 N–H and O–H groups in total. The Morgan fingerprint density at radius 2 is 1.85 bits per heavy atom. The number of rotatable bonds is 5. The third-order valence-corrected chi connectivity index (χ3v) is 3.48. The summed E-state index contributed by atoms with van der Waals surface area (Å²) in [6.45, 7) is 13.6. The first-order valence-electron chi connectivity index (χ1n) is 7.66. The lowest BCUT2D eigenvalue weighted by molar-refractivity contribution is 0.0134. The zero-order valence-electron chi connectivity index (χ0n) is 13.7. The topological polar surface area (TPSA) is 44.8 Å². The van der Waals surface area contributed by atoms with Crippen LogP contribution in [0.3, 0.4) is 0 Å². The van der Waals surface area contributed by atoms with E-state index in [9.17, 15) is 4.79 Å². The molecule has 1 atom stereocenters. The van der Waals surface area contributed by atoms with Crippen LogP contribution in [0.2, 0.25) is 0 Å². The van der Waals surface area contributed by atoms with Crippen LogP contribution in [0.4, 0.5) is 4.79 Å². The molecule has 5 nitrogen and oxygen atoms in total. The molecular formula is C15H31N3O2. The lowest BCUT2D eigenvalue weighted by atomic mass is 10.1. The summed E-state index contributed by atoms with van der Waals surface area (Å²) >= 11 is 0. The Hall–Kier alpha value is -0.810. The van der Waals surface area contributed by atoms with E-state index in [0.717, 1.165) is 39.3 Å². The SMILES string of the molecule is CNCCC(C)CN1CCN(C(=O)OC(C)(C)C)CC1. The van der Waals surface area contributed by atoms with Crippen LogP contribution in [0.1, 0.15) is 34.1 Å². The number of piperazine rings is 1. The van der Waals surface area contributed by atoms with Crippen LogP contribution in [0.25, 0.3) is 0 Å². The fraction of sp³-hybridized carbons (Fsp3) is 0.933. The minimum absolute atomic E-state index is 0.180. The molecule has 0 aromatic heterocycles. The summed E-state index contributed by atoms with van der Waals surface area (Å²) in [5.41, 5.74) is -0.407. The van der Waals surface area contributed by atoms with Crippen molar-refractivity contribution in [2.75, 3.05) is 46.3 Å². The van der Waals surface area contributed by atoms with Crippen molar-refractivity contribution in [3.63, 3.8) is 0 Å². The Kier molecular flexibility index (Phi) is 6.76. The molecule has 118 valence electrons. The Morgan fingerprint density at radius 1 is 1.25 bits per heavy atom. The van der Waals surface area contributed by atoms with E-state index in [0.29, 0.717) is 5.92 Å². The first kappa shape index (κ1) is 17.2. The van der Waals surface area contributed by atoms with E-state index < -0.39 is 5.60 Å². The molecule has 1 rings (SSSR count). The summed E-state index contributed by atoms with van der Waals surface area (Å²) in [5, 5.41) is 3.19. The second-order valence-electron chi connectivity index (χ2n) is 6.77. The quantitative estimate of drug-likeness (QED) is 0.836. The number of carbonyl (C=O) groups excluding carboxylic acids is 1. The smallest absolute Gasteiger partial charge is 0.410 e. The molecule has 0 radical (unpaired) electrons. The van der Waals surface area contributed by atoms with Gasteiger partial charge in [-0.2, -0.15) is 0 Å². The van der Waals surface area contributed by atoms with Crippen LogP contribution < -0.4 is 5.32 Å². The van der Waals surface area contributed by atoms with Gasteiger partial charge in [0.1, 0.15) is 5.60 Å². The van der Waals surface area contributed by atoms with Gasteiger partial charge in [0.15, 0.2) is 0 Å². The Morgan fingerprint density at radius 3 is 2.35 bits per heavy atom. The average Bonchev–Trinajstić information content (AvgIpc) is 2.35. The summed E-state index contributed by atoms with van der Waals surface area (Å²) < 4.78 is 5.41. The third-order valence-electron chi connectivity index (χ3n) is 3.48. The molecule has 1 heterocycles. The standard InChI is InChI=1S/C15H31N3O2/c1-13(6-7-16-5)12-17-8-10-18(11-9-17)14(19)20-15(2,3)4/h13,16H,6-12H2,1-5H3. The van der Waals surface area contributed by atoms with E-state index in [4.69, 9.17) is 4.74 Å². The number of nitrogens with one attached hydrogen (secondary N) is 1. The summed E-state index contributed by atoms with van der Waals surface area (Å²) in [4.78, 5) is 16.2. The summed E-state index contributed by atoms with van der Waals surface area (Å²) in [6.07, 6.45) is 1.02. The predicted octanol–water partition coefficient (Wildman–Crippen LogP) is 1.78. The van der Waals surface area contributed by atoms with Crippen molar-refractivity contribution in [2.45, 2.75) is 39.7 Å². The van der Waals surface area contributed by atoms with Gasteiger partial charge < -0.3 is 15.0 Å². The number of amides is 1. The number of hydrogen-bond acceptors (Lipinski definition) is 4. The molecule has 1 amide bonds. The van der Waals surface area contributed by atoms with Crippen LogP contribution in [0.5, 0.6) is 0 Å². The van der Waals surface area contributed by atoms with Gasteiger partial charge in [-0.3, -0.25) is 4.90 Å². The lowest BCUT2D eigenvalue weighted by Crippen LogP contribution is -2.50. The first-order chi connectivity index (χ1) is 9.31. The molecule has 0 aliphatic carbocycles. The van der Waals surface area contributed by atoms with Gasteiger partial charge in [0.2, 0.25) is 0 Å². The highest BCUT2D eigenvalue weighted by Crippen LogP contribution is 2.13. The lowest BCUT2D eigenvalue weighted by Gasteiger charge is -2.36. The molecule has 1 unspecified atom stereocenters. The summed E-state index contributed by atoms with van der Waals surface area (Å²) in [5.74, 6) is 0.690. The predicted molar refractivity (Wildman–Crippen MR) is 82.0 cm³/mol. The molecule has 20 heavy (non-hydrogen) atoms. The van der Waals surface area contributed by atoms with E-state index >= 15 is 0 Å². The van der Waals surface area contributed by atoms with Crippen molar-refractivity contribution in [3.05, 3.63) is 0 Å². The van der Waals surface area contributed by atoms with E-state index in [2.05, 4.69) is 17.1 Å². The molecule has 5 heteroatoms. The highest BCUT2D eigenvalue weighted by Gasteiger charge is 2.26. The minimum Gasteiger partial charge on any atom is -0.444 e. The van der Waals surface area contributed by atoms with Crippen LogP contribution in [0.15, 0.2) is 0 Å². The maximum absolute atomic E-state index is 12.0.